The summed E-state index contributed by atoms with van der Waals surface area (Å²) >= 11 is 0. The molecule has 6 rings (SSSR count). The monoisotopic (exact) mass is 585 g/mol. The molecular formula is C32H29F2N5O4. The maximum Gasteiger partial charge on any atom is 0.302 e. The first-order valence-electron chi connectivity index (χ1n) is 13.9. The van der Waals surface area contributed by atoms with Crippen molar-refractivity contribution in [2.45, 2.75) is 44.3 Å². The van der Waals surface area contributed by atoms with Crippen LogP contribution in [0, 0.1) is 24.1 Å². The van der Waals surface area contributed by atoms with Gasteiger partial charge in [0, 0.05) is 36.3 Å². The Morgan fingerprint density at radius 2 is 1.98 bits per heavy atom. The number of nitrogens with one attached hydrogen (secondary N) is 2. The molecule has 0 radical (unpaired) electrons. The molecule has 1 fully saturated rings. The maximum absolute atomic E-state index is 14.3. The minimum atomic E-state index is -1.14. The van der Waals surface area contributed by atoms with Crippen molar-refractivity contribution in [1.82, 2.24) is 14.8 Å². The number of hydrogen-bond acceptors (Lipinski definition) is 4. The number of H-pyrrole nitrogens is 1. The highest BCUT2D eigenvalue weighted by molar-refractivity contribution is 6.08. The van der Waals surface area contributed by atoms with Crippen molar-refractivity contribution >= 4 is 34.3 Å². The Morgan fingerprint density at radius 1 is 1.19 bits per heavy atom. The van der Waals surface area contributed by atoms with E-state index in [0.29, 0.717) is 11.3 Å². The summed E-state index contributed by atoms with van der Waals surface area (Å²) in [5, 5.41) is 2.98. The van der Waals surface area contributed by atoms with E-state index in [1.165, 1.54) is 22.9 Å². The number of anilines is 1. The molecule has 0 bridgehead atoms. The lowest BCUT2D eigenvalue weighted by atomic mass is 9.79. The lowest BCUT2D eigenvalue weighted by Gasteiger charge is -2.32. The number of likely N-dealkylation sites (tertiary alicyclic amines) is 1. The van der Waals surface area contributed by atoms with Crippen molar-refractivity contribution < 1.29 is 27.6 Å². The molecule has 43 heavy (non-hydrogen) atoms. The zero-order chi connectivity index (χ0) is 30.6. The summed E-state index contributed by atoms with van der Waals surface area (Å²) in [6.07, 6.45) is 2.63. The molecule has 2 aromatic carbocycles. The molecule has 0 saturated carbocycles. The van der Waals surface area contributed by atoms with Crippen LogP contribution in [0.15, 0.2) is 59.4 Å². The largest absolute Gasteiger partial charge is 0.472 e. The summed E-state index contributed by atoms with van der Waals surface area (Å²) in [4.78, 5) is 50.5. The fourth-order valence-corrected chi connectivity index (χ4v) is 6.27. The number of rotatable bonds is 6. The third-order valence-electron chi connectivity index (χ3n) is 8.49. The van der Waals surface area contributed by atoms with Gasteiger partial charge >= 0.3 is 6.17 Å². The van der Waals surface area contributed by atoms with Crippen molar-refractivity contribution in [3.05, 3.63) is 89.3 Å². The fourth-order valence-electron chi connectivity index (χ4n) is 6.27. The van der Waals surface area contributed by atoms with Crippen LogP contribution in [0.4, 0.5) is 14.5 Å². The molecule has 0 aliphatic carbocycles. The third-order valence-corrected chi connectivity index (χ3v) is 8.49. The van der Waals surface area contributed by atoms with E-state index >= 15 is 0 Å². The summed E-state index contributed by atoms with van der Waals surface area (Å²) < 4.78 is 33.3. The van der Waals surface area contributed by atoms with E-state index < -0.39 is 41.1 Å². The predicted molar refractivity (Wildman–Crippen MR) is 155 cm³/mol. The van der Waals surface area contributed by atoms with Gasteiger partial charge in [-0.05, 0) is 53.8 Å². The fraction of sp³-hybridized carbons (Fsp3) is 0.312. The summed E-state index contributed by atoms with van der Waals surface area (Å²) in [5.41, 5.74) is 1.99. The Hall–Kier alpha value is -4.98. The second-order valence-electron chi connectivity index (χ2n) is 11.7. The SMILES string of the molecule is [C-]#[N+][C@@H]1C[C@@]2(CN1C(=O)[C@H](CC(C)C)N(C)C(=O)c1cc3c(F)cc(F)cc3[nH]1)C(=O)Nc1ccc(-c3ccoc3)cc12. The number of aromatic amines is 1. The zero-order valence-corrected chi connectivity index (χ0v) is 23.8. The molecule has 1 saturated heterocycles. The van der Waals surface area contributed by atoms with Gasteiger partial charge in [0.05, 0.1) is 24.5 Å². The van der Waals surface area contributed by atoms with Gasteiger partial charge in [-0.25, -0.2) is 15.4 Å². The molecule has 2 aliphatic rings. The number of hydrogen-bond donors (Lipinski definition) is 2. The van der Waals surface area contributed by atoms with Gasteiger partial charge in [-0.15, -0.1) is 0 Å². The lowest BCUT2D eigenvalue weighted by Crippen LogP contribution is -2.51. The minimum Gasteiger partial charge on any atom is -0.472 e. The molecule has 11 heteroatoms. The Balaban J connectivity index is 1.33. The van der Waals surface area contributed by atoms with Crippen molar-refractivity contribution in [3.8, 4) is 11.1 Å². The van der Waals surface area contributed by atoms with Gasteiger partial charge in [0.15, 0.2) is 0 Å². The predicted octanol–water partition coefficient (Wildman–Crippen LogP) is 5.56. The van der Waals surface area contributed by atoms with E-state index in [4.69, 9.17) is 11.0 Å². The number of furan rings is 1. The summed E-state index contributed by atoms with van der Waals surface area (Å²) in [6, 6.07) is 9.55. The van der Waals surface area contributed by atoms with Crippen LogP contribution in [0.2, 0.25) is 0 Å². The normalized spacial score (nSPS) is 20.0. The number of carbonyl (C=O) groups excluding carboxylic acids is 3. The van der Waals surface area contributed by atoms with Crippen LogP contribution in [0.1, 0.15) is 42.7 Å². The quantitative estimate of drug-likeness (QED) is 0.289. The molecule has 2 N–H and O–H groups in total. The second-order valence-corrected chi connectivity index (χ2v) is 11.7. The van der Waals surface area contributed by atoms with Gasteiger partial charge in [-0.1, -0.05) is 19.9 Å². The summed E-state index contributed by atoms with van der Waals surface area (Å²) in [6.45, 7) is 11.7. The van der Waals surface area contributed by atoms with Crippen molar-refractivity contribution in [2.75, 3.05) is 18.9 Å². The highest BCUT2D eigenvalue weighted by atomic mass is 19.1. The second kappa shape index (κ2) is 10.4. The van der Waals surface area contributed by atoms with Gasteiger partial charge in [-0.2, -0.15) is 0 Å². The topological polar surface area (TPSA) is 103 Å². The van der Waals surface area contributed by atoms with Crippen LogP contribution in [-0.2, 0) is 15.0 Å². The zero-order valence-electron chi connectivity index (χ0n) is 23.8. The van der Waals surface area contributed by atoms with E-state index in [9.17, 15) is 23.2 Å². The number of aromatic nitrogens is 1. The molecule has 1 spiro atoms. The van der Waals surface area contributed by atoms with Gasteiger partial charge in [0.2, 0.25) is 5.91 Å². The van der Waals surface area contributed by atoms with Gasteiger partial charge < -0.3 is 19.6 Å². The maximum atomic E-state index is 14.3. The van der Waals surface area contributed by atoms with Crippen LogP contribution in [-0.4, -0.2) is 58.3 Å². The van der Waals surface area contributed by atoms with Crippen LogP contribution >= 0.6 is 0 Å². The minimum absolute atomic E-state index is 0.000878. The summed E-state index contributed by atoms with van der Waals surface area (Å²) in [5.74, 6) is -2.92. The number of halogens is 2. The molecule has 2 aromatic heterocycles. The molecule has 0 unspecified atom stereocenters. The molecular weight excluding hydrogens is 556 g/mol. The number of nitrogens with zero attached hydrogens (tertiary/aromatic N) is 3. The van der Waals surface area contributed by atoms with Crippen LogP contribution in [0.25, 0.3) is 26.9 Å². The highest BCUT2D eigenvalue weighted by Crippen LogP contribution is 2.48. The molecule has 2 aliphatic heterocycles. The number of amides is 3. The first-order valence-corrected chi connectivity index (χ1v) is 13.9. The van der Waals surface area contributed by atoms with Gasteiger partial charge in [-0.3, -0.25) is 24.1 Å². The van der Waals surface area contributed by atoms with Crippen LogP contribution < -0.4 is 5.32 Å². The molecule has 220 valence electrons. The Bertz CT molecular complexity index is 1810. The number of fused-ring (bicyclic) bond motifs is 3. The Morgan fingerprint density at radius 3 is 2.67 bits per heavy atom. The number of likely N-dealkylation sites (N-methyl/N-ethyl adjacent to an activating group) is 1. The standard InChI is InChI=1S/C32H29F2N5O4/c1-17(2)9-27(38(4)29(40)26-13-21-23(34)11-20(33)12-25(21)36-26)30(41)39-16-32(14-28(39)35-3)22-10-18(19-7-8-43-15-19)5-6-24(22)37-31(32)42/h5-8,10-13,15,17,27-28,36H,9,14,16H2,1-2,4H3,(H,37,42)/t27-,28-,32-/m0/s1. The first kappa shape index (κ1) is 28.2. The Labute approximate surface area is 246 Å². The average molecular weight is 586 g/mol. The van der Waals surface area contributed by atoms with Gasteiger partial charge in [0.1, 0.15) is 28.8 Å². The van der Waals surface area contributed by atoms with E-state index in [-0.39, 0.29) is 47.8 Å². The lowest BCUT2D eigenvalue weighted by molar-refractivity contribution is -0.136. The highest BCUT2D eigenvalue weighted by Gasteiger charge is 2.59. The molecule has 9 nitrogen and oxygen atoms in total. The van der Waals surface area contributed by atoms with E-state index in [1.807, 2.05) is 38.1 Å². The van der Waals surface area contributed by atoms with Crippen molar-refractivity contribution in [3.63, 3.8) is 0 Å². The van der Waals surface area contributed by atoms with E-state index in [0.717, 1.165) is 23.3 Å². The van der Waals surface area contributed by atoms with Crippen LogP contribution in [0.5, 0.6) is 0 Å². The first-order chi connectivity index (χ1) is 20.5. The average Bonchev–Trinajstić information content (AvgIpc) is 3.77. The number of carbonyl (C=O) groups is 3. The van der Waals surface area contributed by atoms with Gasteiger partial charge in [0.25, 0.3) is 11.8 Å². The molecule has 4 heterocycles. The summed E-state index contributed by atoms with van der Waals surface area (Å²) in [7, 11) is 1.48. The third kappa shape index (κ3) is 4.63. The molecule has 3 amide bonds. The molecule has 3 atom stereocenters. The number of benzene rings is 2. The van der Waals surface area contributed by atoms with E-state index in [1.54, 1.807) is 12.5 Å². The van der Waals surface area contributed by atoms with Crippen LogP contribution in [0.3, 0.4) is 0 Å². The van der Waals surface area contributed by atoms with Crippen molar-refractivity contribution in [1.29, 1.82) is 0 Å². The Kier molecular flexibility index (Phi) is 6.80. The smallest absolute Gasteiger partial charge is 0.302 e. The molecule has 4 aromatic rings. The van der Waals surface area contributed by atoms with E-state index in [2.05, 4.69) is 15.1 Å². The van der Waals surface area contributed by atoms with Crippen molar-refractivity contribution in [2.24, 2.45) is 5.92 Å².